The van der Waals surface area contributed by atoms with Crippen LogP contribution in [0.15, 0.2) is 0 Å². The van der Waals surface area contributed by atoms with Gasteiger partial charge in [-0.1, -0.05) is 27.2 Å². The van der Waals surface area contributed by atoms with Crippen molar-refractivity contribution in [1.82, 2.24) is 0 Å². The fourth-order valence-electron chi connectivity index (χ4n) is 2.38. The highest BCUT2D eigenvalue weighted by molar-refractivity contribution is 5.05. The quantitative estimate of drug-likeness (QED) is 0.663. The van der Waals surface area contributed by atoms with Gasteiger partial charge >= 0.3 is 0 Å². The fourth-order valence-corrected chi connectivity index (χ4v) is 2.38. The van der Waals surface area contributed by atoms with Crippen LogP contribution in [-0.4, -0.2) is 6.04 Å². The summed E-state index contributed by atoms with van der Waals surface area (Å²) < 4.78 is 0. The second-order valence-electron chi connectivity index (χ2n) is 4.09. The maximum absolute atomic E-state index is 6.13. The molecule has 1 fully saturated rings. The molecule has 66 valence electrons. The minimum absolute atomic E-state index is 0.465. The average molecular weight is 155 g/mol. The van der Waals surface area contributed by atoms with Crippen molar-refractivity contribution in [1.29, 1.82) is 0 Å². The van der Waals surface area contributed by atoms with Gasteiger partial charge in [0.15, 0.2) is 0 Å². The van der Waals surface area contributed by atoms with Gasteiger partial charge in [0.1, 0.15) is 0 Å². The van der Waals surface area contributed by atoms with E-state index in [1.165, 1.54) is 25.7 Å². The van der Waals surface area contributed by atoms with Crippen molar-refractivity contribution in [3.63, 3.8) is 0 Å². The molecule has 2 N–H and O–H groups in total. The molecular weight excluding hydrogens is 134 g/mol. The first kappa shape index (κ1) is 9.05. The van der Waals surface area contributed by atoms with Crippen LogP contribution in [0, 0.1) is 11.3 Å². The van der Waals surface area contributed by atoms with Crippen molar-refractivity contribution in [2.75, 3.05) is 0 Å². The lowest BCUT2D eigenvalue weighted by atomic mass is 9.89. The van der Waals surface area contributed by atoms with Gasteiger partial charge in [-0.05, 0) is 30.6 Å². The lowest BCUT2D eigenvalue weighted by molar-refractivity contribution is 0.336. The van der Waals surface area contributed by atoms with Gasteiger partial charge in [0.25, 0.3) is 0 Å². The first-order valence-corrected chi connectivity index (χ1v) is 4.93. The summed E-state index contributed by atoms with van der Waals surface area (Å²) in [4.78, 5) is 0. The van der Waals surface area contributed by atoms with Crippen molar-refractivity contribution in [3.05, 3.63) is 0 Å². The van der Waals surface area contributed by atoms with Crippen LogP contribution in [-0.2, 0) is 0 Å². The molecule has 0 heterocycles. The van der Waals surface area contributed by atoms with E-state index in [0.29, 0.717) is 11.5 Å². The van der Waals surface area contributed by atoms with Crippen LogP contribution in [0.25, 0.3) is 0 Å². The summed E-state index contributed by atoms with van der Waals surface area (Å²) in [5.41, 5.74) is 6.66. The highest BCUT2D eigenvalue weighted by Gasteiger charge is 2.52. The topological polar surface area (TPSA) is 26.0 Å². The molecule has 0 bridgehead atoms. The van der Waals surface area contributed by atoms with Gasteiger partial charge < -0.3 is 5.73 Å². The normalized spacial score (nSPS) is 38.7. The zero-order valence-corrected chi connectivity index (χ0v) is 8.06. The monoisotopic (exact) mass is 155 g/mol. The highest BCUT2D eigenvalue weighted by atomic mass is 14.8. The number of hydrogen-bond acceptors (Lipinski definition) is 1. The van der Waals surface area contributed by atoms with E-state index in [-0.39, 0.29) is 0 Å². The average Bonchev–Trinajstić information content (AvgIpc) is 2.63. The molecule has 0 saturated heterocycles. The predicted octanol–water partition coefficient (Wildman–Crippen LogP) is 2.55. The van der Waals surface area contributed by atoms with Gasteiger partial charge in [-0.25, -0.2) is 0 Å². The maximum atomic E-state index is 6.13. The first-order valence-electron chi connectivity index (χ1n) is 4.93. The molecule has 3 unspecified atom stereocenters. The minimum Gasteiger partial charge on any atom is -0.327 e. The highest BCUT2D eigenvalue weighted by Crippen LogP contribution is 2.57. The van der Waals surface area contributed by atoms with Gasteiger partial charge in [0, 0.05) is 6.04 Å². The number of nitrogens with two attached hydrogens (primary N) is 1. The molecule has 0 aromatic heterocycles. The summed E-state index contributed by atoms with van der Waals surface area (Å²) in [5.74, 6) is 0.883. The molecule has 0 radical (unpaired) electrons. The SMILES string of the molecule is CCCC(N)C1(CC)CC1C. The second kappa shape index (κ2) is 3.14. The third-order valence-electron chi connectivity index (χ3n) is 3.50. The Labute approximate surface area is 70.4 Å². The van der Waals surface area contributed by atoms with E-state index in [2.05, 4.69) is 20.8 Å². The molecule has 1 heteroatoms. The van der Waals surface area contributed by atoms with Crippen LogP contribution in [0.1, 0.15) is 46.5 Å². The molecule has 3 atom stereocenters. The summed E-state index contributed by atoms with van der Waals surface area (Å²) in [6, 6.07) is 0.465. The molecule has 0 spiro atoms. The third kappa shape index (κ3) is 1.44. The molecule has 0 aromatic carbocycles. The van der Waals surface area contributed by atoms with Gasteiger partial charge in [0.2, 0.25) is 0 Å². The molecule has 0 aliphatic heterocycles. The Hall–Kier alpha value is -0.0400. The van der Waals surface area contributed by atoms with Gasteiger partial charge in [-0.2, -0.15) is 0 Å². The van der Waals surface area contributed by atoms with Crippen LogP contribution in [0.3, 0.4) is 0 Å². The van der Waals surface area contributed by atoms with Crippen LogP contribution in [0.4, 0.5) is 0 Å². The first-order chi connectivity index (χ1) is 5.17. The summed E-state index contributed by atoms with van der Waals surface area (Å²) in [7, 11) is 0. The molecule has 1 nitrogen and oxygen atoms in total. The van der Waals surface area contributed by atoms with Crippen LogP contribution >= 0.6 is 0 Å². The second-order valence-corrected chi connectivity index (χ2v) is 4.09. The van der Waals surface area contributed by atoms with Crippen molar-refractivity contribution in [2.24, 2.45) is 17.1 Å². The molecule has 1 saturated carbocycles. The Morgan fingerprint density at radius 1 is 1.55 bits per heavy atom. The zero-order chi connectivity index (χ0) is 8.48. The van der Waals surface area contributed by atoms with E-state index < -0.39 is 0 Å². The summed E-state index contributed by atoms with van der Waals surface area (Å²) in [6.45, 7) is 6.83. The Balaban J connectivity index is 2.44. The summed E-state index contributed by atoms with van der Waals surface area (Å²) in [5, 5.41) is 0. The molecule has 0 aromatic rings. The molecule has 1 aliphatic rings. The van der Waals surface area contributed by atoms with E-state index in [4.69, 9.17) is 5.73 Å². The maximum Gasteiger partial charge on any atom is 0.00980 e. The summed E-state index contributed by atoms with van der Waals surface area (Å²) >= 11 is 0. The van der Waals surface area contributed by atoms with Crippen molar-refractivity contribution in [3.8, 4) is 0 Å². The number of hydrogen-bond donors (Lipinski definition) is 1. The van der Waals surface area contributed by atoms with Crippen molar-refractivity contribution >= 4 is 0 Å². The van der Waals surface area contributed by atoms with Gasteiger partial charge in [-0.15, -0.1) is 0 Å². The van der Waals surface area contributed by atoms with E-state index >= 15 is 0 Å². The largest absolute Gasteiger partial charge is 0.327 e. The van der Waals surface area contributed by atoms with E-state index in [1.807, 2.05) is 0 Å². The minimum atomic E-state index is 0.465. The smallest absolute Gasteiger partial charge is 0.00980 e. The molecular formula is C10H21N. The Bertz CT molecular complexity index is 129. The Kier molecular flexibility index (Phi) is 2.58. The van der Waals surface area contributed by atoms with Crippen molar-refractivity contribution in [2.45, 2.75) is 52.5 Å². The van der Waals surface area contributed by atoms with E-state index in [9.17, 15) is 0 Å². The predicted molar refractivity (Wildman–Crippen MR) is 49.4 cm³/mol. The van der Waals surface area contributed by atoms with Gasteiger partial charge in [0.05, 0.1) is 0 Å². The van der Waals surface area contributed by atoms with Crippen LogP contribution in [0.5, 0.6) is 0 Å². The Morgan fingerprint density at radius 3 is 2.36 bits per heavy atom. The molecule has 11 heavy (non-hydrogen) atoms. The van der Waals surface area contributed by atoms with Gasteiger partial charge in [-0.3, -0.25) is 0 Å². The van der Waals surface area contributed by atoms with Crippen molar-refractivity contribution < 1.29 is 0 Å². The molecule has 0 amide bonds. The third-order valence-corrected chi connectivity index (χ3v) is 3.50. The van der Waals surface area contributed by atoms with Crippen LogP contribution in [0.2, 0.25) is 0 Å². The lowest BCUT2D eigenvalue weighted by Gasteiger charge is -2.22. The lowest BCUT2D eigenvalue weighted by Crippen LogP contribution is -2.32. The summed E-state index contributed by atoms with van der Waals surface area (Å²) in [6.07, 6.45) is 5.08. The van der Waals surface area contributed by atoms with Crippen LogP contribution < -0.4 is 5.73 Å². The standard InChI is InChI=1S/C10H21N/c1-4-6-9(11)10(5-2)7-8(10)3/h8-9H,4-7,11H2,1-3H3. The van der Waals surface area contributed by atoms with E-state index in [1.54, 1.807) is 0 Å². The fraction of sp³-hybridized carbons (Fsp3) is 1.00. The molecule has 1 aliphatic carbocycles. The molecule has 1 rings (SSSR count). The number of rotatable bonds is 4. The zero-order valence-electron chi connectivity index (χ0n) is 8.06. The Morgan fingerprint density at radius 2 is 2.09 bits per heavy atom. The van der Waals surface area contributed by atoms with E-state index in [0.717, 1.165) is 5.92 Å².